The molecule has 1 aliphatic carbocycles. The van der Waals surface area contributed by atoms with E-state index in [0.717, 1.165) is 24.8 Å². The normalized spacial score (nSPS) is 14.9. The minimum atomic E-state index is -0.0326. The van der Waals surface area contributed by atoms with Gasteiger partial charge in [-0.25, -0.2) is 0 Å². The minimum Gasteiger partial charge on any atom is -0.289 e. The highest BCUT2D eigenvalue weighted by Crippen LogP contribution is 2.32. The van der Waals surface area contributed by atoms with Gasteiger partial charge in [0.15, 0.2) is 11.6 Å². The van der Waals surface area contributed by atoms with Gasteiger partial charge in [0.05, 0.1) is 0 Å². The topological polar surface area (TPSA) is 34.1 Å². The summed E-state index contributed by atoms with van der Waals surface area (Å²) in [5.74, 6) is 0.539. The van der Waals surface area contributed by atoms with Gasteiger partial charge >= 0.3 is 0 Å². The van der Waals surface area contributed by atoms with Crippen molar-refractivity contribution in [2.75, 3.05) is 0 Å². The predicted molar refractivity (Wildman–Crippen MR) is 101 cm³/mol. The van der Waals surface area contributed by atoms with Crippen LogP contribution in [0.4, 0.5) is 0 Å². The lowest BCUT2D eigenvalue weighted by Crippen LogP contribution is -2.22. The van der Waals surface area contributed by atoms with Crippen molar-refractivity contribution >= 4 is 11.6 Å². The number of carbonyl (C=O) groups is 2. The van der Waals surface area contributed by atoms with Crippen LogP contribution in [0.5, 0.6) is 0 Å². The lowest BCUT2D eigenvalue weighted by molar-refractivity contribution is 0.0978. The van der Waals surface area contributed by atoms with E-state index in [1.807, 2.05) is 24.3 Å². The molecule has 3 rings (SSSR count). The summed E-state index contributed by atoms with van der Waals surface area (Å²) in [5, 5.41) is 0. The SMILES string of the molecule is CC(CCc1cccc2c1C(=O)c1ccccc1C2=O)CC(C)(C)C. The van der Waals surface area contributed by atoms with E-state index >= 15 is 0 Å². The third-order valence-corrected chi connectivity index (χ3v) is 4.91. The lowest BCUT2D eigenvalue weighted by Gasteiger charge is -2.24. The van der Waals surface area contributed by atoms with Crippen molar-refractivity contribution in [1.29, 1.82) is 0 Å². The number of rotatable bonds is 4. The summed E-state index contributed by atoms with van der Waals surface area (Å²) >= 11 is 0. The molecular weight excluding hydrogens is 308 g/mol. The number of benzene rings is 2. The van der Waals surface area contributed by atoms with Crippen molar-refractivity contribution in [3.05, 3.63) is 70.3 Å². The van der Waals surface area contributed by atoms with Crippen LogP contribution in [-0.2, 0) is 6.42 Å². The first-order valence-electron chi connectivity index (χ1n) is 9.08. The Hall–Kier alpha value is -2.22. The maximum Gasteiger partial charge on any atom is 0.194 e. The van der Waals surface area contributed by atoms with Crippen molar-refractivity contribution in [3.63, 3.8) is 0 Å². The lowest BCUT2D eigenvalue weighted by atomic mass is 9.79. The maximum atomic E-state index is 13.0. The molecule has 1 unspecified atom stereocenters. The molecule has 1 aliphatic rings. The van der Waals surface area contributed by atoms with Gasteiger partial charge in [0.2, 0.25) is 0 Å². The van der Waals surface area contributed by atoms with Gasteiger partial charge in [-0.2, -0.15) is 0 Å². The first kappa shape index (κ1) is 17.6. The summed E-state index contributed by atoms with van der Waals surface area (Å²) in [7, 11) is 0. The van der Waals surface area contributed by atoms with Gasteiger partial charge in [0.25, 0.3) is 0 Å². The van der Waals surface area contributed by atoms with E-state index in [-0.39, 0.29) is 11.6 Å². The van der Waals surface area contributed by atoms with Crippen molar-refractivity contribution in [2.45, 2.75) is 47.0 Å². The standard InChI is InChI=1S/C23H26O2/c1-15(14-23(2,3)4)12-13-16-8-7-11-19-20(16)22(25)18-10-6-5-9-17(18)21(19)24/h5-11,15H,12-14H2,1-4H3. The Morgan fingerprint density at radius 2 is 1.44 bits per heavy atom. The fourth-order valence-corrected chi connectivity index (χ4v) is 3.97. The number of aryl methyl sites for hydroxylation is 1. The van der Waals surface area contributed by atoms with Gasteiger partial charge in [-0.15, -0.1) is 0 Å². The van der Waals surface area contributed by atoms with Crippen molar-refractivity contribution in [2.24, 2.45) is 11.3 Å². The molecule has 1 atom stereocenters. The van der Waals surface area contributed by atoms with Crippen LogP contribution in [0.25, 0.3) is 0 Å². The van der Waals surface area contributed by atoms with Crippen LogP contribution in [0, 0.1) is 11.3 Å². The van der Waals surface area contributed by atoms with E-state index in [9.17, 15) is 9.59 Å². The average Bonchev–Trinajstić information content (AvgIpc) is 2.56. The highest BCUT2D eigenvalue weighted by molar-refractivity contribution is 6.28. The molecule has 0 bridgehead atoms. The maximum absolute atomic E-state index is 13.0. The Kier molecular flexibility index (Phi) is 4.64. The third kappa shape index (κ3) is 3.58. The largest absolute Gasteiger partial charge is 0.289 e. The van der Waals surface area contributed by atoms with Crippen molar-refractivity contribution < 1.29 is 9.59 Å². The Morgan fingerprint density at radius 3 is 2.08 bits per heavy atom. The molecule has 130 valence electrons. The van der Waals surface area contributed by atoms with Crippen LogP contribution >= 0.6 is 0 Å². The molecule has 0 N–H and O–H groups in total. The zero-order chi connectivity index (χ0) is 18.2. The van der Waals surface area contributed by atoms with Crippen LogP contribution in [-0.4, -0.2) is 11.6 Å². The van der Waals surface area contributed by atoms with Gasteiger partial charge in [0.1, 0.15) is 0 Å². The van der Waals surface area contributed by atoms with Gasteiger partial charge in [0, 0.05) is 22.3 Å². The molecule has 2 heteroatoms. The Morgan fingerprint density at radius 1 is 0.840 bits per heavy atom. The molecule has 0 aromatic heterocycles. The molecule has 2 aromatic carbocycles. The molecule has 0 radical (unpaired) electrons. The fraction of sp³-hybridized carbons (Fsp3) is 0.391. The number of carbonyl (C=O) groups excluding carboxylic acids is 2. The predicted octanol–water partition coefficient (Wildman–Crippen LogP) is 5.47. The van der Waals surface area contributed by atoms with Crippen LogP contribution in [0.3, 0.4) is 0 Å². The van der Waals surface area contributed by atoms with Crippen LogP contribution < -0.4 is 0 Å². The first-order valence-corrected chi connectivity index (χ1v) is 9.08. The molecule has 25 heavy (non-hydrogen) atoms. The van der Waals surface area contributed by atoms with Crippen molar-refractivity contribution in [1.82, 2.24) is 0 Å². The van der Waals surface area contributed by atoms with Gasteiger partial charge in [-0.05, 0) is 36.2 Å². The molecule has 0 aliphatic heterocycles. The Labute approximate surface area is 150 Å². The van der Waals surface area contributed by atoms with E-state index in [1.165, 1.54) is 0 Å². The molecular formula is C23H26O2. The van der Waals surface area contributed by atoms with E-state index in [2.05, 4.69) is 27.7 Å². The number of hydrogen-bond acceptors (Lipinski definition) is 2. The van der Waals surface area contributed by atoms with Gasteiger partial charge < -0.3 is 0 Å². The van der Waals surface area contributed by atoms with Gasteiger partial charge in [-0.3, -0.25) is 9.59 Å². The van der Waals surface area contributed by atoms with E-state index in [0.29, 0.717) is 33.6 Å². The zero-order valence-electron chi connectivity index (χ0n) is 15.6. The second-order valence-electron chi connectivity index (χ2n) is 8.45. The van der Waals surface area contributed by atoms with E-state index < -0.39 is 0 Å². The third-order valence-electron chi connectivity index (χ3n) is 4.91. The summed E-state index contributed by atoms with van der Waals surface area (Å²) in [5.41, 5.74) is 3.55. The molecule has 0 spiro atoms. The second-order valence-corrected chi connectivity index (χ2v) is 8.45. The zero-order valence-corrected chi connectivity index (χ0v) is 15.6. The van der Waals surface area contributed by atoms with Crippen molar-refractivity contribution in [3.8, 4) is 0 Å². The molecule has 2 aromatic rings. The monoisotopic (exact) mass is 334 g/mol. The number of fused-ring (bicyclic) bond motifs is 2. The van der Waals surface area contributed by atoms with Crippen LogP contribution in [0.1, 0.15) is 77.9 Å². The summed E-state index contributed by atoms with van der Waals surface area (Å²) < 4.78 is 0. The van der Waals surface area contributed by atoms with Gasteiger partial charge in [-0.1, -0.05) is 70.2 Å². The quantitative estimate of drug-likeness (QED) is 0.634. The Balaban J connectivity index is 1.90. The summed E-state index contributed by atoms with van der Waals surface area (Å²) in [6, 6.07) is 12.8. The van der Waals surface area contributed by atoms with E-state index in [1.54, 1.807) is 18.2 Å². The van der Waals surface area contributed by atoms with Crippen LogP contribution in [0.2, 0.25) is 0 Å². The van der Waals surface area contributed by atoms with E-state index in [4.69, 9.17) is 0 Å². The number of ketones is 2. The molecule has 0 fully saturated rings. The summed E-state index contributed by atoms with van der Waals surface area (Å²) in [6.45, 7) is 9.04. The fourth-order valence-electron chi connectivity index (χ4n) is 3.97. The second kappa shape index (κ2) is 6.59. The summed E-state index contributed by atoms with van der Waals surface area (Å²) in [6.07, 6.45) is 3.01. The Bertz CT molecular complexity index is 824. The molecule has 0 saturated carbocycles. The molecule has 2 nitrogen and oxygen atoms in total. The molecule has 0 heterocycles. The summed E-state index contributed by atoms with van der Waals surface area (Å²) in [4.78, 5) is 25.8. The first-order chi connectivity index (χ1) is 11.8. The highest BCUT2D eigenvalue weighted by Gasteiger charge is 2.31. The minimum absolute atomic E-state index is 0.00993. The number of hydrogen-bond donors (Lipinski definition) is 0. The smallest absolute Gasteiger partial charge is 0.194 e. The highest BCUT2D eigenvalue weighted by atomic mass is 16.1. The average molecular weight is 334 g/mol. The van der Waals surface area contributed by atoms with Crippen LogP contribution in [0.15, 0.2) is 42.5 Å². The molecule has 0 saturated heterocycles. The molecule has 0 amide bonds.